The number of carboxylic acid groups (broad SMARTS) is 1. The second-order valence-corrected chi connectivity index (χ2v) is 5.40. The highest BCUT2D eigenvalue weighted by Crippen LogP contribution is 2.09. The van der Waals surface area contributed by atoms with Gasteiger partial charge in [-0.2, -0.15) is 0 Å². The van der Waals surface area contributed by atoms with E-state index in [1.165, 1.54) is 6.92 Å². The van der Waals surface area contributed by atoms with Crippen LogP contribution in [0.3, 0.4) is 0 Å². The average Bonchev–Trinajstić information content (AvgIpc) is 2.59. The number of carbonyl (C=O) groups excluding carboxylic acids is 3. The van der Waals surface area contributed by atoms with Crippen molar-refractivity contribution < 1.29 is 29.0 Å². The van der Waals surface area contributed by atoms with Crippen LogP contribution in [0.4, 0.5) is 0 Å². The largest absolute Gasteiger partial charge is 0.480 e. The Bertz CT molecular complexity index is 617. The molecule has 136 valence electrons. The van der Waals surface area contributed by atoms with Crippen LogP contribution in [-0.2, 0) is 19.1 Å². The van der Waals surface area contributed by atoms with Gasteiger partial charge in [-0.1, -0.05) is 25.1 Å². The molecule has 0 spiro atoms. The summed E-state index contributed by atoms with van der Waals surface area (Å²) in [5.74, 6) is -3.57. The lowest BCUT2D eigenvalue weighted by Crippen LogP contribution is -2.46. The fraction of sp³-hybridized carbons (Fsp3) is 0.412. The van der Waals surface area contributed by atoms with E-state index in [9.17, 15) is 24.3 Å². The van der Waals surface area contributed by atoms with Crippen LogP contribution in [0.1, 0.15) is 30.6 Å². The number of carboxylic acids is 1. The van der Waals surface area contributed by atoms with Crippen LogP contribution in [0.2, 0.25) is 0 Å². The number of hydrogen-bond acceptors (Lipinski definition) is 5. The summed E-state index contributed by atoms with van der Waals surface area (Å²) in [5, 5.41) is 13.9. The first-order valence-corrected chi connectivity index (χ1v) is 7.87. The van der Waals surface area contributed by atoms with Crippen molar-refractivity contribution in [2.75, 3.05) is 13.2 Å². The van der Waals surface area contributed by atoms with Gasteiger partial charge in [0.05, 0.1) is 19.1 Å². The standard InChI is InChI=1S/C17H22N2O6/c1-3-25-17(24)11(2)9-13(16(22)23)19-14(20)10-18-15(21)12-7-5-4-6-8-12/h4-8,11,13H,3,9-10H2,1-2H3,(H,18,21)(H,19,20)(H,22,23)/t11-,13-/m1/s1. The van der Waals surface area contributed by atoms with Crippen molar-refractivity contribution in [3.8, 4) is 0 Å². The van der Waals surface area contributed by atoms with Gasteiger partial charge < -0.3 is 20.5 Å². The van der Waals surface area contributed by atoms with Gasteiger partial charge in [0.1, 0.15) is 6.04 Å². The van der Waals surface area contributed by atoms with Crippen molar-refractivity contribution in [3.63, 3.8) is 0 Å². The van der Waals surface area contributed by atoms with Crippen LogP contribution >= 0.6 is 0 Å². The molecule has 25 heavy (non-hydrogen) atoms. The molecule has 8 heteroatoms. The number of nitrogens with one attached hydrogen (secondary N) is 2. The molecule has 0 aliphatic heterocycles. The number of hydrogen-bond donors (Lipinski definition) is 3. The summed E-state index contributed by atoms with van der Waals surface area (Å²) in [6.45, 7) is 3.00. The SMILES string of the molecule is CCOC(=O)[C@H](C)C[C@@H](NC(=O)CNC(=O)c1ccccc1)C(=O)O. The first-order chi connectivity index (χ1) is 11.8. The van der Waals surface area contributed by atoms with Crippen LogP contribution in [0.25, 0.3) is 0 Å². The second-order valence-electron chi connectivity index (χ2n) is 5.40. The highest BCUT2D eigenvalue weighted by Gasteiger charge is 2.26. The maximum Gasteiger partial charge on any atom is 0.326 e. The number of esters is 1. The molecular formula is C17H22N2O6. The molecule has 0 saturated carbocycles. The van der Waals surface area contributed by atoms with E-state index in [-0.39, 0.29) is 19.6 Å². The Labute approximate surface area is 145 Å². The molecule has 0 saturated heterocycles. The zero-order valence-electron chi connectivity index (χ0n) is 14.2. The Morgan fingerprint density at radius 1 is 1.16 bits per heavy atom. The van der Waals surface area contributed by atoms with Crippen LogP contribution in [0, 0.1) is 5.92 Å². The van der Waals surface area contributed by atoms with E-state index in [4.69, 9.17) is 4.74 Å². The number of ether oxygens (including phenoxy) is 1. The molecule has 1 rings (SSSR count). The van der Waals surface area contributed by atoms with Crippen molar-refractivity contribution in [1.29, 1.82) is 0 Å². The van der Waals surface area contributed by atoms with Crippen molar-refractivity contribution >= 4 is 23.8 Å². The van der Waals surface area contributed by atoms with E-state index in [2.05, 4.69) is 10.6 Å². The average molecular weight is 350 g/mol. The molecule has 1 aromatic carbocycles. The van der Waals surface area contributed by atoms with Crippen LogP contribution < -0.4 is 10.6 Å². The molecule has 8 nitrogen and oxygen atoms in total. The van der Waals surface area contributed by atoms with E-state index in [1.54, 1.807) is 37.3 Å². The van der Waals surface area contributed by atoms with E-state index in [0.717, 1.165) is 0 Å². The zero-order chi connectivity index (χ0) is 18.8. The van der Waals surface area contributed by atoms with Gasteiger partial charge >= 0.3 is 11.9 Å². The molecule has 0 aromatic heterocycles. The number of aliphatic carboxylic acids is 1. The van der Waals surface area contributed by atoms with E-state index < -0.39 is 35.7 Å². The number of amides is 2. The highest BCUT2D eigenvalue weighted by atomic mass is 16.5. The minimum absolute atomic E-state index is 0.105. The maximum absolute atomic E-state index is 11.9. The monoisotopic (exact) mass is 350 g/mol. The summed E-state index contributed by atoms with van der Waals surface area (Å²) < 4.78 is 4.82. The summed E-state index contributed by atoms with van der Waals surface area (Å²) in [4.78, 5) is 46.5. The molecular weight excluding hydrogens is 328 g/mol. The van der Waals surface area contributed by atoms with Gasteiger partial charge in [0.2, 0.25) is 5.91 Å². The molecule has 0 fully saturated rings. The summed E-state index contributed by atoms with van der Waals surface area (Å²) in [7, 11) is 0. The fourth-order valence-corrected chi connectivity index (χ4v) is 2.05. The zero-order valence-corrected chi connectivity index (χ0v) is 14.2. The summed E-state index contributed by atoms with van der Waals surface area (Å²) in [6.07, 6.45) is -0.105. The van der Waals surface area contributed by atoms with Gasteiger partial charge in [-0.05, 0) is 25.5 Å². The quantitative estimate of drug-likeness (QED) is 0.560. The van der Waals surface area contributed by atoms with E-state index in [1.807, 2.05) is 0 Å². The molecule has 0 bridgehead atoms. The number of rotatable bonds is 9. The van der Waals surface area contributed by atoms with Gasteiger partial charge in [0.15, 0.2) is 0 Å². The predicted octanol–water partition coefficient (Wildman–Crippen LogP) is 0.575. The maximum atomic E-state index is 11.9. The summed E-state index contributed by atoms with van der Waals surface area (Å²) >= 11 is 0. The van der Waals surface area contributed by atoms with Crippen molar-refractivity contribution in [2.24, 2.45) is 5.92 Å². The number of carbonyl (C=O) groups is 4. The summed E-state index contributed by atoms with van der Waals surface area (Å²) in [5.41, 5.74) is 0.390. The minimum Gasteiger partial charge on any atom is -0.480 e. The lowest BCUT2D eigenvalue weighted by Gasteiger charge is -2.18. The highest BCUT2D eigenvalue weighted by molar-refractivity contribution is 5.96. The second kappa shape index (κ2) is 10.1. The van der Waals surface area contributed by atoms with E-state index in [0.29, 0.717) is 5.56 Å². The Morgan fingerprint density at radius 2 is 1.80 bits per heavy atom. The third-order valence-corrected chi connectivity index (χ3v) is 3.36. The van der Waals surface area contributed by atoms with E-state index >= 15 is 0 Å². The van der Waals surface area contributed by atoms with Gasteiger partial charge in [0, 0.05) is 5.56 Å². The molecule has 3 N–H and O–H groups in total. The first-order valence-electron chi connectivity index (χ1n) is 7.87. The Balaban J connectivity index is 2.52. The first kappa shape index (κ1) is 20.1. The van der Waals surface area contributed by atoms with Crippen molar-refractivity contribution in [2.45, 2.75) is 26.3 Å². The van der Waals surface area contributed by atoms with Crippen molar-refractivity contribution in [3.05, 3.63) is 35.9 Å². The lowest BCUT2D eigenvalue weighted by atomic mass is 10.0. The van der Waals surface area contributed by atoms with Gasteiger partial charge in [-0.3, -0.25) is 14.4 Å². The molecule has 0 radical (unpaired) electrons. The topological polar surface area (TPSA) is 122 Å². The molecule has 0 unspecified atom stereocenters. The molecule has 0 heterocycles. The van der Waals surface area contributed by atoms with Crippen molar-refractivity contribution in [1.82, 2.24) is 10.6 Å². The number of benzene rings is 1. The lowest BCUT2D eigenvalue weighted by molar-refractivity contribution is -0.149. The van der Waals surface area contributed by atoms with Crippen LogP contribution in [0.15, 0.2) is 30.3 Å². The Hall–Kier alpha value is -2.90. The molecule has 0 aliphatic carbocycles. The van der Waals surface area contributed by atoms with Gasteiger partial charge in [-0.25, -0.2) is 4.79 Å². The molecule has 0 aliphatic rings. The van der Waals surface area contributed by atoms with Gasteiger partial charge in [0.25, 0.3) is 5.91 Å². The fourth-order valence-electron chi connectivity index (χ4n) is 2.05. The molecule has 2 amide bonds. The third-order valence-electron chi connectivity index (χ3n) is 3.36. The van der Waals surface area contributed by atoms with Gasteiger partial charge in [-0.15, -0.1) is 0 Å². The predicted molar refractivity (Wildman–Crippen MR) is 88.8 cm³/mol. The Kier molecular flexibility index (Phi) is 8.11. The third kappa shape index (κ3) is 7.03. The normalized spacial score (nSPS) is 12.6. The Morgan fingerprint density at radius 3 is 2.36 bits per heavy atom. The minimum atomic E-state index is -1.26. The molecule has 2 atom stereocenters. The summed E-state index contributed by atoms with van der Waals surface area (Å²) in [6, 6.07) is 7.06. The van der Waals surface area contributed by atoms with Crippen LogP contribution in [-0.4, -0.2) is 48.1 Å². The molecule has 1 aromatic rings. The smallest absolute Gasteiger partial charge is 0.326 e. The van der Waals surface area contributed by atoms with Crippen LogP contribution in [0.5, 0.6) is 0 Å².